The molecule has 2 heterocycles. The molecule has 8 nitrogen and oxygen atoms in total. The Labute approximate surface area is 170 Å². The Morgan fingerprint density at radius 3 is 2.57 bits per heavy atom. The summed E-state index contributed by atoms with van der Waals surface area (Å²) in [5.41, 5.74) is 1.79. The van der Waals surface area contributed by atoms with Gasteiger partial charge < -0.3 is 15.0 Å². The van der Waals surface area contributed by atoms with Crippen molar-refractivity contribution in [2.45, 2.75) is 26.7 Å². The number of ether oxygens (including phenoxy) is 1. The highest BCUT2D eigenvalue weighted by atomic mass is 32.1. The molecule has 9 heteroatoms. The third-order valence-corrected chi connectivity index (χ3v) is 5.22. The first-order valence-corrected chi connectivity index (χ1v) is 9.94. The van der Waals surface area contributed by atoms with E-state index in [0.29, 0.717) is 12.2 Å². The Hall–Kier alpha value is -2.23. The molecule has 1 aromatic heterocycles. The Morgan fingerprint density at radius 2 is 1.96 bits per heavy atom. The number of hydrogen-bond acceptors (Lipinski definition) is 6. The highest BCUT2D eigenvalue weighted by molar-refractivity contribution is 7.71. The Balaban J connectivity index is 1.69. The summed E-state index contributed by atoms with van der Waals surface area (Å²) in [6.45, 7) is 7.31. The predicted octanol–water partition coefficient (Wildman–Crippen LogP) is 1.72. The van der Waals surface area contributed by atoms with Gasteiger partial charge in [-0.1, -0.05) is 12.1 Å². The van der Waals surface area contributed by atoms with Crippen LogP contribution in [0.25, 0.3) is 0 Å². The molecule has 3 rings (SSSR count). The zero-order valence-corrected chi connectivity index (χ0v) is 17.5. The molecular formula is C19H28N6O2S. The molecule has 1 N–H and O–H groups in total. The summed E-state index contributed by atoms with van der Waals surface area (Å²) in [5.74, 6) is 0.839. The molecule has 0 bridgehead atoms. The molecule has 1 aliphatic rings. The summed E-state index contributed by atoms with van der Waals surface area (Å²) < 4.78 is 10.1. The molecule has 152 valence electrons. The van der Waals surface area contributed by atoms with E-state index in [-0.39, 0.29) is 5.91 Å². The van der Waals surface area contributed by atoms with Crippen molar-refractivity contribution in [3.05, 3.63) is 40.2 Å². The maximum atomic E-state index is 11.7. The van der Waals surface area contributed by atoms with Gasteiger partial charge in [-0.25, -0.2) is 4.68 Å². The lowest BCUT2D eigenvalue weighted by Gasteiger charge is -2.27. The van der Waals surface area contributed by atoms with Crippen LogP contribution in [0.4, 0.5) is 5.95 Å². The molecule has 1 fully saturated rings. The van der Waals surface area contributed by atoms with Gasteiger partial charge in [-0.3, -0.25) is 14.3 Å². The molecule has 0 saturated carbocycles. The Morgan fingerprint density at radius 1 is 1.29 bits per heavy atom. The first kappa shape index (κ1) is 20.5. The fourth-order valence-electron chi connectivity index (χ4n) is 3.29. The van der Waals surface area contributed by atoms with E-state index < -0.39 is 0 Å². The molecular weight excluding hydrogens is 376 g/mol. The topological polar surface area (TPSA) is 67.6 Å². The van der Waals surface area contributed by atoms with E-state index in [1.54, 1.807) is 7.05 Å². The fraction of sp³-hybridized carbons (Fsp3) is 0.526. The first-order chi connectivity index (χ1) is 13.5. The van der Waals surface area contributed by atoms with Gasteiger partial charge in [0.15, 0.2) is 0 Å². The number of nitrogens with one attached hydrogen (secondary N) is 1. The lowest BCUT2D eigenvalue weighted by molar-refractivity contribution is 0.0963. The van der Waals surface area contributed by atoms with E-state index in [4.69, 9.17) is 22.1 Å². The molecule has 1 saturated heterocycles. The largest absolute Gasteiger partial charge is 0.378 e. The van der Waals surface area contributed by atoms with Gasteiger partial charge in [0.1, 0.15) is 0 Å². The molecule has 1 aliphatic heterocycles. The standard InChI is InChI=1S/C19H28N6O2S/c1-4-24-18(23-9-11-27-12-10-23)21-25(19(24)28)14-22(3)13-15-5-7-16(8-6-15)17(26)20-2/h5-8H,4,9-14H2,1-3H3,(H,20,26). The second-order valence-electron chi connectivity index (χ2n) is 6.86. The fourth-order valence-corrected chi connectivity index (χ4v) is 3.60. The minimum Gasteiger partial charge on any atom is -0.378 e. The molecule has 0 radical (unpaired) electrons. The van der Waals surface area contributed by atoms with Crippen LogP contribution in [-0.2, 0) is 24.5 Å². The maximum absolute atomic E-state index is 11.7. The van der Waals surface area contributed by atoms with Crippen LogP contribution in [0.15, 0.2) is 24.3 Å². The molecule has 1 aromatic carbocycles. The van der Waals surface area contributed by atoms with E-state index in [0.717, 1.165) is 55.7 Å². The van der Waals surface area contributed by atoms with Gasteiger partial charge in [-0.05, 0) is 43.9 Å². The monoisotopic (exact) mass is 404 g/mol. The van der Waals surface area contributed by atoms with Crippen molar-refractivity contribution >= 4 is 24.1 Å². The van der Waals surface area contributed by atoms with E-state index in [2.05, 4.69) is 26.6 Å². The van der Waals surface area contributed by atoms with E-state index in [1.807, 2.05) is 36.0 Å². The molecule has 2 aromatic rings. The Kier molecular flexibility index (Phi) is 6.82. The number of carbonyl (C=O) groups excluding carboxylic acids is 1. The van der Waals surface area contributed by atoms with Crippen LogP contribution >= 0.6 is 12.2 Å². The van der Waals surface area contributed by atoms with Gasteiger partial charge in [0.25, 0.3) is 5.91 Å². The van der Waals surface area contributed by atoms with E-state index in [9.17, 15) is 4.79 Å². The van der Waals surface area contributed by atoms with Gasteiger partial charge >= 0.3 is 0 Å². The van der Waals surface area contributed by atoms with Crippen LogP contribution in [0.5, 0.6) is 0 Å². The van der Waals surface area contributed by atoms with Gasteiger partial charge in [0.2, 0.25) is 10.7 Å². The van der Waals surface area contributed by atoms with E-state index >= 15 is 0 Å². The van der Waals surface area contributed by atoms with Crippen molar-refractivity contribution < 1.29 is 9.53 Å². The first-order valence-electron chi connectivity index (χ1n) is 9.53. The van der Waals surface area contributed by atoms with Gasteiger partial charge in [0.05, 0.1) is 19.9 Å². The number of anilines is 1. The normalized spacial score (nSPS) is 14.5. The van der Waals surface area contributed by atoms with Crippen molar-refractivity contribution in [2.24, 2.45) is 0 Å². The quantitative estimate of drug-likeness (QED) is 0.709. The smallest absolute Gasteiger partial charge is 0.251 e. The summed E-state index contributed by atoms with van der Waals surface area (Å²) in [4.78, 5) is 16.0. The SMILES string of the molecule is CCn1c(N2CCOCC2)nn(CN(C)Cc2ccc(C(=O)NC)cc2)c1=S. The van der Waals surface area contributed by atoms with Gasteiger partial charge in [-0.15, -0.1) is 5.10 Å². The predicted molar refractivity (Wildman–Crippen MR) is 111 cm³/mol. The van der Waals surface area contributed by atoms with Crippen molar-refractivity contribution in [3.63, 3.8) is 0 Å². The van der Waals surface area contributed by atoms with Crippen molar-refractivity contribution in [3.8, 4) is 0 Å². The number of aromatic nitrogens is 3. The maximum Gasteiger partial charge on any atom is 0.251 e. The molecule has 1 amide bonds. The van der Waals surface area contributed by atoms with Gasteiger partial charge in [0, 0.05) is 38.8 Å². The number of morpholine rings is 1. The van der Waals surface area contributed by atoms with Crippen molar-refractivity contribution in [1.82, 2.24) is 24.6 Å². The molecule has 0 spiro atoms. The van der Waals surface area contributed by atoms with Crippen LogP contribution in [0.3, 0.4) is 0 Å². The van der Waals surface area contributed by atoms with Gasteiger partial charge in [-0.2, -0.15) is 0 Å². The number of hydrogen-bond donors (Lipinski definition) is 1. The molecule has 28 heavy (non-hydrogen) atoms. The van der Waals surface area contributed by atoms with Crippen molar-refractivity contribution in [2.75, 3.05) is 45.3 Å². The molecule has 0 atom stereocenters. The van der Waals surface area contributed by atoms with Crippen LogP contribution in [0, 0.1) is 4.77 Å². The molecule has 0 aliphatic carbocycles. The minimum absolute atomic E-state index is 0.0769. The second kappa shape index (κ2) is 9.31. The zero-order valence-electron chi connectivity index (χ0n) is 16.7. The third-order valence-electron chi connectivity index (χ3n) is 4.78. The summed E-state index contributed by atoms with van der Waals surface area (Å²) in [6, 6.07) is 7.64. The summed E-state index contributed by atoms with van der Waals surface area (Å²) in [7, 11) is 3.67. The lowest BCUT2D eigenvalue weighted by atomic mass is 10.1. The minimum atomic E-state index is -0.0769. The number of benzene rings is 1. The zero-order chi connectivity index (χ0) is 20.1. The van der Waals surface area contributed by atoms with E-state index in [1.165, 1.54) is 0 Å². The number of carbonyl (C=O) groups is 1. The summed E-state index contributed by atoms with van der Waals surface area (Å²) >= 11 is 5.66. The van der Waals surface area contributed by atoms with Crippen LogP contribution in [-0.4, -0.2) is 65.6 Å². The van der Waals surface area contributed by atoms with Crippen LogP contribution in [0.1, 0.15) is 22.8 Å². The summed E-state index contributed by atoms with van der Waals surface area (Å²) in [5, 5.41) is 7.42. The molecule has 0 unspecified atom stereocenters. The van der Waals surface area contributed by atoms with Crippen LogP contribution in [0.2, 0.25) is 0 Å². The average Bonchev–Trinajstić information content (AvgIpc) is 3.03. The number of amides is 1. The second-order valence-corrected chi connectivity index (χ2v) is 7.22. The lowest BCUT2D eigenvalue weighted by Crippen LogP contribution is -2.38. The highest BCUT2D eigenvalue weighted by Crippen LogP contribution is 2.16. The third kappa shape index (κ3) is 4.60. The van der Waals surface area contributed by atoms with Crippen molar-refractivity contribution in [1.29, 1.82) is 0 Å². The summed E-state index contributed by atoms with van der Waals surface area (Å²) in [6.07, 6.45) is 0. The van der Waals surface area contributed by atoms with Crippen LogP contribution < -0.4 is 10.2 Å². The number of rotatable bonds is 7. The Bertz CT molecular complexity index is 854. The highest BCUT2D eigenvalue weighted by Gasteiger charge is 2.19. The average molecular weight is 405 g/mol. The number of nitrogens with zero attached hydrogens (tertiary/aromatic N) is 5.